The first-order valence-corrected chi connectivity index (χ1v) is 8.51. The number of esters is 1. The molecule has 140 valence electrons. The number of rotatable bonds is 5. The summed E-state index contributed by atoms with van der Waals surface area (Å²) in [5.41, 5.74) is 2.06. The highest BCUT2D eigenvalue weighted by Crippen LogP contribution is 2.24. The van der Waals surface area contributed by atoms with Crippen LogP contribution in [0.2, 0.25) is 0 Å². The largest absolute Gasteiger partial charge is 0.468 e. The van der Waals surface area contributed by atoms with Crippen molar-refractivity contribution in [2.24, 2.45) is 0 Å². The first-order chi connectivity index (χ1) is 12.2. The molecule has 1 heterocycles. The van der Waals surface area contributed by atoms with Crippen LogP contribution in [0.4, 0.5) is 4.39 Å². The molecule has 6 heteroatoms. The maximum absolute atomic E-state index is 13.2. The zero-order valence-corrected chi connectivity index (χ0v) is 16.5. The van der Waals surface area contributed by atoms with E-state index in [0.717, 1.165) is 38.3 Å². The molecule has 1 aliphatic heterocycles. The van der Waals surface area contributed by atoms with Gasteiger partial charge in [0.15, 0.2) is 0 Å². The summed E-state index contributed by atoms with van der Waals surface area (Å²) in [6, 6.07) is 16.0. The monoisotopic (exact) mass is 422 g/mol. The van der Waals surface area contributed by atoms with E-state index >= 15 is 0 Å². The van der Waals surface area contributed by atoms with Crippen molar-refractivity contribution in [3.05, 3.63) is 71.5 Å². The lowest BCUT2D eigenvalue weighted by atomic mass is 10.0. The van der Waals surface area contributed by atoms with Crippen molar-refractivity contribution in [2.45, 2.75) is 12.6 Å². The Morgan fingerprint density at radius 2 is 1.65 bits per heavy atom. The number of methoxy groups -OCH3 is 1. The maximum atomic E-state index is 13.2. The minimum Gasteiger partial charge on any atom is -0.468 e. The van der Waals surface area contributed by atoms with Crippen molar-refractivity contribution in [1.29, 1.82) is 0 Å². The second-order valence-corrected chi connectivity index (χ2v) is 6.27. The molecule has 0 radical (unpaired) electrons. The molecule has 0 amide bonds. The van der Waals surface area contributed by atoms with Gasteiger partial charge in [0.2, 0.25) is 0 Å². The standard InChI is InChI=1S/C20H23FN2O2.BrH/c1-25-20(24)19(17-7-9-18(21)10-8-17)23-13-11-22(12-14-23)15-16-5-3-2-4-6-16;/h2-10,19H,11-15H2,1H3;1H. The number of carbonyl (C=O) groups excluding carboxylic acids is 1. The third kappa shape index (κ3) is 5.13. The molecule has 1 unspecified atom stereocenters. The molecule has 4 nitrogen and oxygen atoms in total. The number of carbonyl (C=O) groups is 1. The predicted octanol–water partition coefficient (Wildman–Crippen LogP) is 3.44. The molecule has 26 heavy (non-hydrogen) atoms. The van der Waals surface area contributed by atoms with Crippen LogP contribution in [0.1, 0.15) is 17.2 Å². The van der Waals surface area contributed by atoms with Gasteiger partial charge in [-0.3, -0.25) is 9.80 Å². The van der Waals surface area contributed by atoms with Crippen LogP contribution >= 0.6 is 17.0 Å². The average molecular weight is 423 g/mol. The van der Waals surface area contributed by atoms with E-state index in [1.165, 1.54) is 24.8 Å². The Balaban J connectivity index is 0.00000243. The summed E-state index contributed by atoms with van der Waals surface area (Å²) in [5.74, 6) is -0.608. The van der Waals surface area contributed by atoms with Gasteiger partial charge in [-0.05, 0) is 23.3 Å². The smallest absolute Gasteiger partial charge is 0.327 e. The minimum absolute atomic E-state index is 0. The van der Waals surface area contributed by atoms with E-state index < -0.39 is 6.04 Å². The molecule has 0 bridgehead atoms. The molecule has 1 atom stereocenters. The maximum Gasteiger partial charge on any atom is 0.327 e. The summed E-state index contributed by atoms with van der Waals surface area (Å²) in [4.78, 5) is 16.8. The van der Waals surface area contributed by atoms with Gasteiger partial charge in [0.25, 0.3) is 0 Å². The number of halogens is 2. The Labute approximate surface area is 164 Å². The van der Waals surface area contributed by atoms with Gasteiger partial charge < -0.3 is 4.74 Å². The highest BCUT2D eigenvalue weighted by Gasteiger charge is 2.31. The van der Waals surface area contributed by atoms with Gasteiger partial charge in [0.1, 0.15) is 11.9 Å². The van der Waals surface area contributed by atoms with Crippen molar-refractivity contribution in [3.8, 4) is 0 Å². The number of nitrogens with zero attached hydrogens (tertiary/aromatic N) is 2. The lowest BCUT2D eigenvalue weighted by Gasteiger charge is -2.38. The van der Waals surface area contributed by atoms with Crippen LogP contribution in [0.15, 0.2) is 54.6 Å². The highest BCUT2D eigenvalue weighted by atomic mass is 79.9. The lowest BCUT2D eigenvalue weighted by Crippen LogP contribution is -2.49. The fraction of sp³-hybridized carbons (Fsp3) is 0.350. The molecule has 0 aliphatic carbocycles. The Morgan fingerprint density at radius 3 is 2.23 bits per heavy atom. The van der Waals surface area contributed by atoms with Gasteiger partial charge in [-0.25, -0.2) is 9.18 Å². The summed E-state index contributed by atoms with van der Waals surface area (Å²) in [5, 5.41) is 0. The van der Waals surface area contributed by atoms with Crippen LogP contribution in [0.5, 0.6) is 0 Å². The van der Waals surface area contributed by atoms with Crippen molar-refractivity contribution < 1.29 is 13.9 Å². The molecule has 0 spiro atoms. The van der Waals surface area contributed by atoms with Gasteiger partial charge in [-0.1, -0.05) is 42.5 Å². The van der Waals surface area contributed by atoms with Crippen LogP contribution < -0.4 is 0 Å². The van der Waals surface area contributed by atoms with E-state index in [4.69, 9.17) is 4.74 Å². The third-order valence-electron chi connectivity index (χ3n) is 4.63. The fourth-order valence-electron chi connectivity index (χ4n) is 3.27. The molecule has 1 aliphatic rings. The van der Waals surface area contributed by atoms with E-state index in [1.807, 2.05) is 18.2 Å². The molecule has 0 N–H and O–H groups in total. The van der Waals surface area contributed by atoms with Crippen LogP contribution in [0, 0.1) is 5.82 Å². The molecule has 3 rings (SSSR count). The van der Waals surface area contributed by atoms with Crippen molar-refractivity contribution >= 4 is 23.0 Å². The lowest BCUT2D eigenvalue weighted by molar-refractivity contribution is -0.148. The molecule has 0 saturated carbocycles. The molecular weight excluding hydrogens is 399 g/mol. The van der Waals surface area contributed by atoms with Crippen molar-refractivity contribution in [2.75, 3.05) is 33.3 Å². The van der Waals surface area contributed by atoms with Gasteiger partial charge in [0.05, 0.1) is 7.11 Å². The number of hydrogen-bond donors (Lipinski definition) is 0. The Morgan fingerprint density at radius 1 is 1.04 bits per heavy atom. The molecule has 2 aromatic rings. The SMILES string of the molecule is Br.COC(=O)C(c1ccc(F)cc1)N1CCN(Cc2ccccc2)CC1. The molecule has 2 aromatic carbocycles. The van der Waals surface area contributed by atoms with Gasteiger partial charge in [-0.2, -0.15) is 0 Å². The predicted molar refractivity (Wildman–Crippen MR) is 105 cm³/mol. The minimum atomic E-state index is -0.482. The van der Waals surface area contributed by atoms with Crippen molar-refractivity contribution in [1.82, 2.24) is 9.80 Å². The number of piperazine rings is 1. The Kier molecular flexibility index (Phi) is 7.75. The average Bonchev–Trinajstić information content (AvgIpc) is 2.65. The summed E-state index contributed by atoms with van der Waals surface area (Å²) >= 11 is 0. The molecule has 1 fully saturated rings. The zero-order chi connectivity index (χ0) is 17.6. The highest BCUT2D eigenvalue weighted by molar-refractivity contribution is 8.93. The number of ether oxygens (including phenoxy) is 1. The topological polar surface area (TPSA) is 32.8 Å². The summed E-state index contributed by atoms with van der Waals surface area (Å²) in [6.45, 7) is 4.20. The number of benzene rings is 2. The molecular formula is C20H24BrFN2O2. The first-order valence-electron chi connectivity index (χ1n) is 8.51. The number of hydrogen-bond acceptors (Lipinski definition) is 4. The van der Waals surface area contributed by atoms with Crippen LogP contribution in [0.3, 0.4) is 0 Å². The van der Waals surface area contributed by atoms with Crippen LogP contribution in [-0.4, -0.2) is 49.1 Å². The second-order valence-electron chi connectivity index (χ2n) is 6.27. The second kappa shape index (κ2) is 9.80. The van der Waals surface area contributed by atoms with Crippen LogP contribution in [0.25, 0.3) is 0 Å². The summed E-state index contributed by atoms with van der Waals surface area (Å²) < 4.78 is 18.2. The third-order valence-corrected chi connectivity index (χ3v) is 4.63. The van der Waals surface area contributed by atoms with E-state index in [-0.39, 0.29) is 28.8 Å². The van der Waals surface area contributed by atoms with E-state index in [9.17, 15) is 9.18 Å². The summed E-state index contributed by atoms with van der Waals surface area (Å²) in [6.07, 6.45) is 0. The van der Waals surface area contributed by atoms with Crippen LogP contribution in [-0.2, 0) is 16.1 Å². The fourth-order valence-corrected chi connectivity index (χ4v) is 3.27. The Hall–Kier alpha value is -1.76. The molecule has 0 aromatic heterocycles. The van der Waals surface area contributed by atoms with Gasteiger partial charge in [0, 0.05) is 32.7 Å². The Bertz CT molecular complexity index is 689. The quantitative estimate of drug-likeness (QED) is 0.690. The van der Waals surface area contributed by atoms with Crippen molar-refractivity contribution in [3.63, 3.8) is 0 Å². The normalized spacial score (nSPS) is 16.5. The molecule has 1 saturated heterocycles. The zero-order valence-electron chi connectivity index (χ0n) is 14.8. The van der Waals surface area contributed by atoms with Gasteiger partial charge in [-0.15, -0.1) is 17.0 Å². The van der Waals surface area contributed by atoms with E-state index in [0.29, 0.717) is 0 Å². The van der Waals surface area contributed by atoms with E-state index in [2.05, 4.69) is 21.9 Å². The van der Waals surface area contributed by atoms with E-state index in [1.54, 1.807) is 12.1 Å². The van der Waals surface area contributed by atoms with Gasteiger partial charge >= 0.3 is 5.97 Å². The first kappa shape index (κ1) is 20.6. The summed E-state index contributed by atoms with van der Waals surface area (Å²) in [7, 11) is 1.39.